The molecule has 0 bridgehead atoms. The van der Waals surface area contributed by atoms with E-state index >= 15 is 0 Å². The molecule has 0 atom stereocenters. The van der Waals surface area contributed by atoms with E-state index in [1.807, 2.05) is 25.1 Å². The Morgan fingerprint density at radius 1 is 1.19 bits per heavy atom. The van der Waals surface area contributed by atoms with Gasteiger partial charge in [0.2, 0.25) is 5.91 Å². The van der Waals surface area contributed by atoms with E-state index in [9.17, 15) is 18.0 Å². The van der Waals surface area contributed by atoms with Gasteiger partial charge < -0.3 is 5.32 Å². The predicted molar refractivity (Wildman–Crippen MR) is 115 cm³/mol. The third-order valence-corrected chi connectivity index (χ3v) is 5.93. The first kappa shape index (κ1) is 22.7. The van der Waals surface area contributed by atoms with Crippen LogP contribution in [0, 0.1) is 13.8 Å². The van der Waals surface area contributed by atoms with Crippen LogP contribution in [0.4, 0.5) is 18.9 Å². The number of alkyl halides is 3. The van der Waals surface area contributed by atoms with E-state index in [0.29, 0.717) is 28.6 Å². The fourth-order valence-electron chi connectivity index (χ4n) is 3.66. The van der Waals surface area contributed by atoms with Gasteiger partial charge in [-0.05, 0) is 44.4 Å². The predicted octanol–water partition coefficient (Wildman–Crippen LogP) is 5.59. The number of nitrogens with zero attached hydrogens (tertiary/aromatic N) is 4. The summed E-state index contributed by atoms with van der Waals surface area (Å²) in [6, 6.07) is 7.36. The van der Waals surface area contributed by atoms with Gasteiger partial charge in [0.25, 0.3) is 0 Å². The molecule has 170 valence electrons. The standard InChI is InChI=1S/C21H20Cl2F3N5O/c1-11-18(12(2)30(28-11)9-13-4-3-5-15(22)8-13)27-16(32)10-31-19(14-6-7-14)17(23)20(29-31)21(24,25)26/h3-5,8,14H,6-7,9-10H2,1-2H3,(H,27,32). The van der Waals surface area contributed by atoms with Crippen molar-refractivity contribution in [3.63, 3.8) is 0 Å². The van der Waals surface area contributed by atoms with Gasteiger partial charge >= 0.3 is 6.18 Å². The smallest absolute Gasteiger partial charge is 0.321 e. The average molecular weight is 486 g/mol. The molecule has 0 spiro atoms. The topological polar surface area (TPSA) is 64.7 Å². The highest BCUT2D eigenvalue weighted by molar-refractivity contribution is 6.32. The Morgan fingerprint density at radius 2 is 1.91 bits per heavy atom. The zero-order chi connectivity index (χ0) is 23.2. The molecular formula is C21H20Cl2F3N5O. The van der Waals surface area contributed by atoms with Gasteiger partial charge in [0.15, 0.2) is 5.69 Å². The van der Waals surface area contributed by atoms with Crippen molar-refractivity contribution in [1.82, 2.24) is 19.6 Å². The molecule has 32 heavy (non-hydrogen) atoms. The van der Waals surface area contributed by atoms with Crippen molar-refractivity contribution in [1.29, 1.82) is 0 Å². The molecule has 3 aromatic rings. The highest BCUT2D eigenvalue weighted by atomic mass is 35.5. The number of benzene rings is 1. The van der Waals surface area contributed by atoms with Crippen molar-refractivity contribution < 1.29 is 18.0 Å². The van der Waals surface area contributed by atoms with Crippen molar-refractivity contribution in [3.8, 4) is 0 Å². The van der Waals surface area contributed by atoms with Gasteiger partial charge in [-0.3, -0.25) is 14.2 Å². The van der Waals surface area contributed by atoms with Gasteiger partial charge in [-0.1, -0.05) is 35.3 Å². The number of aryl methyl sites for hydroxylation is 1. The Balaban J connectivity index is 1.54. The Morgan fingerprint density at radius 3 is 2.53 bits per heavy atom. The molecule has 4 rings (SSSR count). The Bertz CT molecular complexity index is 1180. The van der Waals surface area contributed by atoms with Crippen molar-refractivity contribution in [2.75, 3.05) is 5.32 Å². The molecule has 1 aliphatic rings. The lowest BCUT2D eigenvalue weighted by Gasteiger charge is -2.09. The second-order valence-corrected chi connectivity index (χ2v) is 8.67. The zero-order valence-corrected chi connectivity index (χ0v) is 18.8. The zero-order valence-electron chi connectivity index (χ0n) is 17.3. The summed E-state index contributed by atoms with van der Waals surface area (Å²) in [5.41, 5.74) is 1.87. The molecule has 6 nitrogen and oxygen atoms in total. The summed E-state index contributed by atoms with van der Waals surface area (Å²) < 4.78 is 42.5. The van der Waals surface area contributed by atoms with Gasteiger partial charge in [0.1, 0.15) is 6.54 Å². The molecule has 1 fully saturated rings. The molecule has 1 aromatic carbocycles. The summed E-state index contributed by atoms with van der Waals surface area (Å²) in [7, 11) is 0. The fraction of sp³-hybridized carbons (Fsp3) is 0.381. The lowest BCUT2D eigenvalue weighted by Crippen LogP contribution is -2.22. The summed E-state index contributed by atoms with van der Waals surface area (Å²) in [6.45, 7) is 3.64. The molecule has 1 amide bonds. The van der Waals surface area contributed by atoms with Crippen LogP contribution in [0.2, 0.25) is 10.0 Å². The molecule has 0 saturated heterocycles. The van der Waals surface area contributed by atoms with Crippen LogP contribution in [0.25, 0.3) is 0 Å². The third-order valence-electron chi connectivity index (χ3n) is 5.32. The maximum atomic E-state index is 13.2. The van der Waals surface area contributed by atoms with Gasteiger partial charge in [-0.25, -0.2) is 0 Å². The fourth-order valence-corrected chi connectivity index (χ4v) is 4.27. The van der Waals surface area contributed by atoms with Crippen molar-refractivity contribution >= 4 is 34.8 Å². The molecule has 1 N–H and O–H groups in total. The Labute approximate surface area is 192 Å². The molecule has 1 aliphatic carbocycles. The summed E-state index contributed by atoms with van der Waals surface area (Å²) in [6.07, 6.45) is -3.24. The van der Waals surface area contributed by atoms with Crippen LogP contribution >= 0.6 is 23.2 Å². The van der Waals surface area contributed by atoms with Crippen LogP contribution in [-0.2, 0) is 24.1 Å². The van der Waals surface area contributed by atoms with E-state index in [2.05, 4.69) is 15.5 Å². The van der Waals surface area contributed by atoms with Crippen LogP contribution in [0.1, 0.15) is 47.1 Å². The van der Waals surface area contributed by atoms with Crippen LogP contribution in [0.5, 0.6) is 0 Å². The summed E-state index contributed by atoms with van der Waals surface area (Å²) in [5.74, 6) is -0.615. The minimum Gasteiger partial charge on any atom is -0.321 e. The normalized spacial score (nSPS) is 14.1. The van der Waals surface area contributed by atoms with Gasteiger partial charge in [-0.2, -0.15) is 23.4 Å². The van der Waals surface area contributed by atoms with E-state index in [1.54, 1.807) is 17.7 Å². The van der Waals surface area contributed by atoms with Crippen LogP contribution in [-0.4, -0.2) is 25.5 Å². The maximum absolute atomic E-state index is 13.2. The van der Waals surface area contributed by atoms with Crippen LogP contribution in [0.3, 0.4) is 0 Å². The van der Waals surface area contributed by atoms with E-state index in [0.717, 1.165) is 23.1 Å². The molecule has 2 aromatic heterocycles. The number of halogens is 5. The second kappa shape index (κ2) is 8.44. The number of rotatable bonds is 6. The molecule has 2 heterocycles. The van der Waals surface area contributed by atoms with E-state index in [1.165, 1.54) is 0 Å². The van der Waals surface area contributed by atoms with Crippen molar-refractivity contribution in [3.05, 3.63) is 62.6 Å². The Kier molecular flexibility index (Phi) is 5.98. The minimum absolute atomic E-state index is 0.109. The lowest BCUT2D eigenvalue weighted by molar-refractivity contribution is -0.141. The summed E-state index contributed by atoms with van der Waals surface area (Å²) >= 11 is 12.0. The molecule has 1 saturated carbocycles. The van der Waals surface area contributed by atoms with E-state index in [-0.39, 0.29) is 18.2 Å². The van der Waals surface area contributed by atoms with Gasteiger partial charge in [0.05, 0.1) is 34.3 Å². The third kappa shape index (κ3) is 4.63. The highest BCUT2D eigenvalue weighted by Crippen LogP contribution is 2.46. The molecule has 0 aliphatic heterocycles. The Hall–Kier alpha value is -2.52. The number of carbonyl (C=O) groups is 1. The van der Waals surface area contributed by atoms with E-state index < -0.39 is 22.8 Å². The first-order valence-corrected chi connectivity index (χ1v) is 10.7. The number of nitrogens with one attached hydrogen (secondary N) is 1. The van der Waals surface area contributed by atoms with Gasteiger partial charge in [0, 0.05) is 10.9 Å². The van der Waals surface area contributed by atoms with E-state index in [4.69, 9.17) is 23.2 Å². The number of anilines is 1. The number of amides is 1. The number of hydrogen-bond acceptors (Lipinski definition) is 3. The van der Waals surface area contributed by atoms with Gasteiger partial charge in [-0.15, -0.1) is 0 Å². The number of hydrogen-bond donors (Lipinski definition) is 1. The molecular weight excluding hydrogens is 466 g/mol. The van der Waals surface area contributed by atoms with Crippen molar-refractivity contribution in [2.24, 2.45) is 0 Å². The summed E-state index contributed by atoms with van der Waals surface area (Å²) in [4.78, 5) is 12.7. The molecule has 0 unspecified atom stereocenters. The van der Waals surface area contributed by atoms with Crippen LogP contribution < -0.4 is 5.32 Å². The number of aromatic nitrogens is 4. The largest absolute Gasteiger partial charge is 0.436 e. The maximum Gasteiger partial charge on any atom is 0.436 e. The summed E-state index contributed by atoms with van der Waals surface area (Å²) in [5, 5.41) is 11.0. The van der Waals surface area contributed by atoms with Crippen LogP contribution in [0.15, 0.2) is 24.3 Å². The highest BCUT2D eigenvalue weighted by Gasteiger charge is 2.42. The monoisotopic (exact) mass is 485 g/mol. The minimum atomic E-state index is -4.68. The van der Waals surface area contributed by atoms with Crippen molar-refractivity contribution in [2.45, 2.75) is 51.9 Å². The first-order chi connectivity index (χ1) is 15.0. The lowest BCUT2D eigenvalue weighted by atomic mass is 10.2. The average Bonchev–Trinajstić information content (AvgIpc) is 3.42. The quantitative estimate of drug-likeness (QED) is 0.495. The molecule has 11 heteroatoms. The second-order valence-electron chi connectivity index (χ2n) is 7.86. The SMILES string of the molecule is Cc1nn(Cc2cccc(Cl)c2)c(C)c1NC(=O)Cn1nc(C(F)(F)F)c(Cl)c1C1CC1. The first-order valence-electron chi connectivity index (χ1n) is 9.96. The number of carbonyl (C=O) groups excluding carboxylic acids is 1. The molecule has 0 radical (unpaired) electrons.